The molecule has 0 bridgehead atoms. The van der Waals surface area contributed by atoms with Gasteiger partial charge in [-0.05, 0) is 11.8 Å². The zero-order valence-corrected chi connectivity index (χ0v) is 5.98. The van der Waals surface area contributed by atoms with Gasteiger partial charge in [0.15, 0.2) is 6.30 Å². The second-order valence-electron chi connectivity index (χ2n) is 1.88. The molecule has 0 spiro atoms. The van der Waals surface area contributed by atoms with Gasteiger partial charge in [0.25, 0.3) is 0 Å². The largest absolute Gasteiger partial charge is 0.224 e. The highest BCUT2D eigenvalue weighted by Gasteiger charge is 2.04. The average molecular weight is 160 g/mol. The zero-order chi connectivity index (χ0) is 7.40. The number of hydrogen-bond donors (Lipinski definition) is 1. The van der Waals surface area contributed by atoms with Crippen LogP contribution in [0.3, 0.4) is 0 Å². The van der Waals surface area contributed by atoms with Crippen molar-refractivity contribution in [1.29, 1.82) is 0 Å². The molecule has 0 aliphatic carbocycles. The highest BCUT2D eigenvalue weighted by atomic mass is 35.5. The summed E-state index contributed by atoms with van der Waals surface area (Å²) >= 11 is 5.06. The molecule has 3 heteroatoms. The molecule has 1 unspecified atom stereocenters. The summed E-state index contributed by atoms with van der Waals surface area (Å²) in [6, 6.07) is 8.68. The summed E-state index contributed by atoms with van der Waals surface area (Å²) in [6.07, 6.45) is -1.28. The number of rotatable bonds is 2. The predicted octanol–water partition coefficient (Wildman–Crippen LogP) is 2.40. The number of nitrogens with one attached hydrogen (secondary N) is 1. The van der Waals surface area contributed by atoms with Crippen LogP contribution in [0.4, 0.5) is 4.39 Å². The molecule has 0 heterocycles. The molecule has 0 aromatic heterocycles. The first kappa shape index (κ1) is 7.51. The van der Waals surface area contributed by atoms with Gasteiger partial charge < -0.3 is 0 Å². The van der Waals surface area contributed by atoms with Crippen LogP contribution >= 0.6 is 11.8 Å². The molecule has 1 atom stereocenters. The Morgan fingerprint density at radius 3 is 2.40 bits per heavy atom. The van der Waals surface area contributed by atoms with Crippen molar-refractivity contribution in [2.24, 2.45) is 0 Å². The second kappa shape index (κ2) is 3.54. The van der Waals surface area contributed by atoms with Crippen LogP contribution in [-0.4, -0.2) is 0 Å². The van der Waals surface area contributed by atoms with E-state index in [0.717, 1.165) is 0 Å². The van der Waals surface area contributed by atoms with Gasteiger partial charge in [0.1, 0.15) is 0 Å². The van der Waals surface area contributed by atoms with Crippen molar-refractivity contribution >= 4 is 11.8 Å². The van der Waals surface area contributed by atoms with Gasteiger partial charge in [-0.3, -0.25) is 0 Å². The van der Waals surface area contributed by atoms with Crippen molar-refractivity contribution in [2.75, 3.05) is 0 Å². The smallest absolute Gasteiger partial charge is 0.189 e. The van der Waals surface area contributed by atoms with Crippen molar-refractivity contribution in [3.05, 3.63) is 35.9 Å². The number of alkyl halides is 1. The first-order valence-corrected chi connectivity index (χ1v) is 3.27. The molecule has 1 aromatic rings. The van der Waals surface area contributed by atoms with Crippen LogP contribution in [0.5, 0.6) is 0 Å². The Hall–Kier alpha value is -0.600. The van der Waals surface area contributed by atoms with Crippen LogP contribution in [0.1, 0.15) is 11.9 Å². The maximum atomic E-state index is 12.6. The Morgan fingerprint density at radius 2 is 1.90 bits per heavy atom. The van der Waals surface area contributed by atoms with Gasteiger partial charge in [-0.15, -0.1) is 0 Å². The topological polar surface area (TPSA) is 12.0 Å². The standard InChI is InChI=1S/C7H7ClFN/c8-10-7(9)6-4-2-1-3-5-6/h1-5,7,10H. The first-order chi connectivity index (χ1) is 4.84. The molecule has 1 nitrogen and oxygen atoms in total. The van der Waals surface area contributed by atoms with Crippen LogP contribution in [-0.2, 0) is 0 Å². The lowest BCUT2D eigenvalue weighted by Crippen LogP contribution is -2.03. The summed E-state index contributed by atoms with van der Waals surface area (Å²) in [5.74, 6) is 0. The fourth-order valence-electron chi connectivity index (χ4n) is 0.685. The summed E-state index contributed by atoms with van der Waals surface area (Å²) in [4.78, 5) is 1.99. The monoisotopic (exact) mass is 159 g/mol. The Labute approximate surface area is 63.9 Å². The third kappa shape index (κ3) is 1.69. The Bertz CT molecular complexity index is 190. The number of hydrogen-bond acceptors (Lipinski definition) is 1. The zero-order valence-electron chi connectivity index (χ0n) is 5.22. The average Bonchev–Trinajstić information content (AvgIpc) is 2.05. The molecule has 0 fully saturated rings. The van der Waals surface area contributed by atoms with E-state index in [1.807, 2.05) is 10.9 Å². The lowest BCUT2D eigenvalue weighted by atomic mass is 10.2. The van der Waals surface area contributed by atoms with Crippen molar-refractivity contribution in [1.82, 2.24) is 4.84 Å². The molecule has 10 heavy (non-hydrogen) atoms. The molecule has 1 aromatic carbocycles. The van der Waals surface area contributed by atoms with E-state index in [4.69, 9.17) is 11.8 Å². The summed E-state index contributed by atoms with van der Waals surface area (Å²) in [5.41, 5.74) is 0.539. The molecule has 0 radical (unpaired) electrons. The van der Waals surface area contributed by atoms with Gasteiger partial charge in [0.2, 0.25) is 0 Å². The summed E-state index contributed by atoms with van der Waals surface area (Å²) < 4.78 is 12.6. The molecular weight excluding hydrogens is 153 g/mol. The van der Waals surface area contributed by atoms with Crippen molar-refractivity contribution < 1.29 is 4.39 Å². The van der Waals surface area contributed by atoms with Gasteiger partial charge in [-0.25, -0.2) is 4.39 Å². The van der Waals surface area contributed by atoms with Crippen molar-refractivity contribution in [2.45, 2.75) is 6.30 Å². The minimum absolute atomic E-state index is 0.539. The van der Waals surface area contributed by atoms with Crippen molar-refractivity contribution in [3.8, 4) is 0 Å². The second-order valence-corrected chi connectivity index (χ2v) is 2.10. The van der Waals surface area contributed by atoms with Gasteiger partial charge in [-0.2, -0.15) is 4.84 Å². The van der Waals surface area contributed by atoms with E-state index in [1.54, 1.807) is 24.3 Å². The molecule has 1 rings (SSSR count). The number of benzene rings is 1. The van der Waals surface area contributed by atoms with Gasteiger partial charge in [-0.1, -0.05) is 30.3 Å². The minimum Gasteiger partial charge on any atom is -0.224 e. The minimum atomic E-state index is -1.28. The molecule has 0 amide bonds. The molecule has 0 saturated heterocycles. The number of halogens is 2. The highest BCUT2D eigenvalue weighted by molar-refractivity contribution is 6.13. The maximum Gasteiger partial charge on any atom is 0.189 e. The fraction of sp³-hybridized carbons (Fsp3) is 0.143. The lowest BCUT2D eigenvalue weighted by molar-refractivity contribution is 0.329. The lowest BCUT2D eigenvalue weighted by Gasteiger charge is -2.02. The van der Waals surface area contributed by atoms with E-state index >= 15 is 0 Å². The van der Waals surface area contributed by atoms with Crippen LogP contribution in [0.2, 0.25) is 0 Å². The fourth-order valence-corrected chi connectivity index (χ4v) is 0.811. The van der Waals surface area contributed by atoms with Gasteiger partial charge in [0, 0.05) is 5.56 Å². The van der Waals surface area contributed by atoms with Crippen LogP contribution in [0, 0.1) is 0 Å². The van der Waals surface area contributed by atoms with E-state index in [1.165, 1.54) is 0 Å². The molecule has 0 aliphatic heterocycles. The third-order valence-electron chi connectivity index (χ3n) is 1.19. The summed E-state index contributed by atoms with van der Waals surface area (Å²) in [7, 11) is 0. The van der Waals surface area contributed by atoms with Crippen molar-refractivity contribution in [3.63, 3.8) is 0 Å². The Balaban J connectivity index is 2.75. The summed E-state index contributed by atoms with van der Waals surface area (Å²) in [5, 5.41) is 0. The summed E-state index contributed by atoms with van der Waals surface area (Å²) in [6.45, 7) is 0. The molecule has 0 saturated carbocycles. The normalized spacial score (nSPS) is 13.0. The van der Waals surface area contributed by atoms with Gasteiger partial charge >= 0.3 is 0 Å². The third-order valence-corrected chi connectivity index (χ3v) is 1.38. The highest BCUT2D eigenvalue weighted by Crippen LogP contribution is 2.13. The van der Waals surface area contributed by atoms with Crippen LogP contribution in [0.15, 0.2) is 30.3 Å². The maximum absolute atomic E-state index is 12.6. The van der Waals surface area contributed by atoms with E-state index in [9.17, 15) is 4.39 Å². The first-order valence-electron chi connectivity index (χ1n) is 2.90. The van der Waals surface area contributed by atoms with E-state index in [0.29, 0.717) is 5.56 Å². The van der Waals surface area contributed by atoms with E-state index in [2.05, 4.69) is 0 Å². The van der Waals surface area contributed by atoms with E-state index in [-0.39, 0.29) is 0 Å². The van der Waals surface area contributed by atoms with Crippen LogP contribution < -0.4 is 4.84 Å². The van der Waals surface area contributed by atoms with E-state index < -0.39 is 6.30 Å². The molecule has 0 aliphatic rings. The van der Waals surface area contributed by atoms with Crippen LogP contribution in [0.25, 0.3) is 0 Å². The molecule has 54 valence electrons. The Kier molecular flexibility index (Phi) is 2.66. The SMILES string of the molecule is FC(NCl)c1ccccc1. The molecule has 1 N–H and O–H groups in total. The predicted molar refractivity (Wildman–Crippen MR) is 39.3 cm³/mol. The van der Waals surface area contributed by atoms with Gasteiger partial charge in [0.05, 0.1) is 0 Å². The molecular formula is C7H7ClFN. The quantitative estimate of drug-likeness (QED) is 0.516. The Morgan fingerprint density at radius 1 is 1.30 bits per heavy atom.